The van der Waals surface area contributed by atoms with Gasteiger partial charge in [0, 0.05) is 30.2 Å². The maximum absolute atomic E-state index is 12.4. The number of aromatic amines is 1. The third-order valence-electron chi connectivity index (χ3n) is 5.73. The molecule has 1 aliphatic carbocycles. The largest absolute Gasteiger partial charge is 0.381 e. The highest BCUT2D eigenvalue weighted by molar-refractivity contribution is 5.95. The van der Waals surface area contributed by atoms with E-state index in [0.717, 1.165) is 31.7 Å². The molecule has 5 heteroatoms. The van der Waals surface area contributed by atoms with Gasteiger partial charge in [-0.05, 0) is 23.7 Å². The van der Waals surface area contributed by atoms with Crippen LogP contribution < -0.4 is 5.32 Å². The van der Waals surface area contributed by atoms with Gasteiger partial charge < -0.3 is 10.1 Å². The van der Waals surface area contributed by atoms with Crippen LogP contribution in [0.2, 0.25) is 0 Å². The predicted octanol–water partition coefficient (Wildman–Crippen LogP) is 2.92. The average Bonchev–Trinajstić information content (AvgIpc) is 2.77. The van der Waals surface area contributed by atoms with Crippen LogP contribution in [0.5, 0.6) is 0 Å². The number of nitrogens with one attached hydrogen (secondary N) is 2. The molecule has 2 aliphatic rings. The summed E-state index contributed by atoms with van der Waals surface area (Å²) in [5.74, 6) is 1.11. The van der Waals surface area contributed by atoms with Crippen molar-refractivity contribution in [2.24, 2.45) is 16.7 Å². The second-order valence-electron chi connectivity index (χ2n) is 7.49. The van der Waals surface area contributed by atoms with Crippen LogP contribution >= 0.6 is 0 Å². The monoisotopic (exact) mass is 291 g/mol. The molecule has 2 N–H and O–H groups in total. The zero-order chi connectivity index (χ0) is 15.3. The van der Waals surface area contributed by atoms with E-state index in [0.29, 0.717) is 11.7 Å². The molecule has 0 bridgehead atoms. The van der Waals surface area contributed by atoms with Crippen molar-refractivity contribution in [1.29, 1.82) is 0 Å². The van der Waals surface area contributed by atoms with Crippen molar-refractivity contribution in [3.8, 4) is 0 Å². The molecule has 0 radical (unpaired) electrons. The number of nitrogens with zero attached hydrogens (tertiary/aromatic N) is 1. The SMILES string of the molecule is CC1(C)C(C(=O)Nc2cc(C3CCCOC3)[nH]n2)C1(C)C. The Hall–Kier alpha value is -1.36. The van der Waals surface area contributed by atoms with Gasteiger partial charge in [-0.1, -0.05) is 27.7 Å². The summed E-state index contributed by atoms with van der Waals surface area (Å²) in [4.78, 5) is 12.4. The molecule has 0 aromatic carbocycles. The van der Waals surface area contributed by atoms with Crippen LogP contribution in [0.1, 0.15) is 52.1 Å². The standard InChI is InChI=1S/C16H25N3O2/c1-15(2)13(16(15,3)4)14(20)17-12-8-11(18-19-12)10-6-5-7-21-9-10/h8,10,13H,5-7,9H2,1-4H3,(H2,17,18,19,20). The van der Waals surface area contributed by atoms with E-state index in [2.05, 4.69) is 43.2 Å². The number of anilines is 1. The lowest BCUT2D eigenvalue weighted by Gasteiger charge is -2.20. The molecule has 2 fully saturated rings. The molecule has 1 amide bonds. The summed E-state index contributed by atoms with van der Waals surface area (Å²) in [6.45, 7) is 10.2. The molecule has 1 saturated heterocycles. The molecule has 1 unspecified atom stereocenters. The lowest BCUT2D eigenvalue weighted by atomic mass is 9.99. The number of rotatable bonds is 3. The number of aromatic nitrogens is 2. The first kappa shape index (κ1) is 14.6. The van der Waals surface area contributed by atoms with Gasteiger partial charge in [0.15, 0.2) is 5.82 Å². The van der Waals surface area contributed by atoms with Crippen LogP contribution in [0.3, 0.4) is 0 Å². The Balaban J connectivity index is 1.64. The number of carbonyl (C=O) groups is 1. The second kappa shape index (κ2) is 4.83. The van der Waals surface area contributed by atoms with Crippen molar-refractivity contribution in [3.63, 3.8) is 0 Å². The lowest BCUT2D eigenvalue weighted by molar-refractivity contribution is -0.118. The van der Waals surface area contributed by atoms with Gasteiger partial charge in [0.2, 0.25) is 5.91 Å². The van der Waals surface area contributed by atoms with Crippen molar-refractivity contribution in [3.05, 3.63) is 11.8 Å². The molecular weight excluding hydrogens is 266 g/mol. The fraction of sp³-hybridized carbons (Fsp3) is 0.750. The average molecular weight is 291 g/mol. The molecule has 116 valence electrons. The van der Waals surface area contributed by atoms with Crippen LogP contribution in [-0.2, 0) is 9.53 Å². The van der Waals surface area contributed by atoms with Crippen molar-refractivity contribution in [2.45, 2.75) is 46.5 Å². The molecule has 3 rings (SSSR count). The minimum Gasteiger partial charge on any atom is -0.381 e. The summed E-state index contributed by atoms with van der Waals surface area (Å²) < 4.78 is 5.49. The maximum atomic E-state index is 12.4. The van der Waals surface area contributed by atoms with Crippen LogP contribution in [0, 0.1) is 16.7 Å². The van der Waals surface area contributed by atoms with E-state index < -0.39 is 0 Å². The smallest absolute Gasteiger partial charge is 0.229 e. The summed E-state index contributed by atoms with van der Waals surface area (Å²) in [7, 11) is 0. The molecule has 1 aliphatic heterocycles. The van der Waals surface area contributed by atoms with Crippen LogP contribution in [-0.4, -0.2) is 29.3 Å². The molecule has 5 nitrogen and oxygen atoms in total. The summed E-state index contributed by atoms with van der Waals surface area (Å²) in [5, 5.41) is 10.2. The van der Waals surface area contributed by atoms with Gasteiger partial charge in [-0.3, -0.25) is 9.89 Å². The van der Waals surface area contributed by atoms with Crippen molar-refractivity contribution < 1.29 is 9.53 Å². The van der Waals surface area contributed by atoms with Gasteiger partial charge >= 0.3 is 0 Å². The number of carbonyl (C=O) groups excluding carboxylic acids is 1. The first-order chi connectivity index (χ1) is 9.84. The van der Waals surface area contributed by atoms with Gasteiger partial charge in [-0.25, -0.2) is 0 Å². The summed E-state index contributed by atoms with van der Waals surface area (Å²) >= 11 is 0. The number of H-pyrrole nitrogens is 1. The second-order valence-corrected chi connectivity index (χ2v) is 7.49. The Morgan fingerprint density at radius 3 is 2.67 bits per heavy atom. The Kier molecular flexibility index (Phi) is 3.35. The first-order valence-electron chi connectivity index (χ1n) is 7.78. The van der Waals surface area contributed by atoms with Crippen molar-refractivity contribution in [2.75, 3.05) is 18.5 Å². The fourth-order valence-electron chi connectivity index (χ4n) is 3.65. The number of hydrogen-bond acceptors (Lipinski definition) is 3. The topological polar surface area (TPSA) is 67.0 Å². The van der Waals surface area contributed by atoms with E-state index in [1.165, 1.54) is 0 Å². The Labute approximate surface area is 125 Å². The Morgan fingerprint density at radius 1 is 1.38 bits per heavy atom. The highest BCUT2D eigenvalue weighted by Gasteiger charge is 2.68. The first-order valence-corrected chi connectivity index (χ1v) is 7.78. The van der Waals surface area contributed by atoms with Crippen LogP contribution in [0.4, 0.5) is 5.82 Å². The van der Waals surface area contributed by atoms with Crippen LogP contribution in [0.25, 0.3) is 0 Å². The molecular formula is C16H25N3O2. The van der Waals surface area contributed by atoms with Gasteiger partial charge in [-0.15, -0.1) is 0 Å². The third kappa shape index (κ3) is 2.37. The predicted molar refractivity (Wildman–Crippen MR) is 81.1 cm³/mol. The van der Waals surface area contributed by atoms with Crippen LogP contribution in [0.15, 0.2) is 6.07 Å². The number of amides is 1. The molecule has 0 spiro atoms. The maximum Gasteiger partial charge on any atom is 0.229 e. The molecule has 2 heterocycles. The molecule has 21 heavy (non-hydrogen) atoms. The quantitative estimate of drug-likeness (QED) is 0.899. The minimum atomic E-state index is 0.0446. The minimum absolute atomic E-state index is 0.0446. The zero-order valence-corrected chi connectivity index (χ0v) is 13.3. The van der Waals surface area contributed by atoms with Gasteiger partial charge in [0.05, 0.1) is 6.61 Å². The summed E-state index contributed by atoms with van der Waals surface area (Å²) in [6, 6.07) is 1.94. The highest BCUT2D eigenvalue weighted by Crippen LogP contribution is 2.68. The zero-order valence-electron chi connectivity index (χ0n) is 13.3. The van der Waals surface area contributed by atoms with E-state index >= 15 is 0 Å². The number of hydrogen-bond donors (Lipinski definition) is 2. The Bertz CT molecular complexity index is 527. The van der Waals surface area contributed by atoms with Crippen molar-refractivity contribution >= 4 is 11.7 Å². The molecule has 1 aromatic heterocycles. The molecule has 1 aromatic rings. The normalized spacial score (nSPS) is 27.3. The van der Waals surface area contributed by atoms with E-state index in [-0.39, 0.29) is 22.7 Å². The summed E-state index contributed by atoms with van der Waals surface area (Å²) in [5.41, 5.74) is 1.15. The molecule has 1 atom stereocenters. The van der Waals surface area contributed by atoms with Gasteiger partial charge in [0.25, 0.3) is 0 Å². The molecule has 1 saturated carbocycles. The Morgan fingerprint density at radius 2 is 2.10 bits per heavy atom. The number of ether oxygens (including phenoxy) is 1. The fourth-order valence-corrected chi connectivity index (χ4v) is 3.65. The van der Waals surface area contributed by atoms with E-state index in [1.807, 2.05) is 6.07 Å². The van der Waals surface area contributed by atoms with E-state index in [9.17, 15) is 4.79 Å². The lowest BCUT2D eigenvalue weighted by Crippen LogP contribution is -2.18. The highest BCUT2D eigenvalue weighted by atomic mass is 16.5. The van der Waals surface area contributed by atoms with E-state index in [4.69, 9.17) is 4.74 Å². The van der Waals surface area contributed by atoms with Gasteiger partial charge in [-0.2, -0.15) is 5.10 Å². The summed E-state index contributed by atoms with van der Waals surface area (Å²) in [6.07, 6.45) is 2.19. The van der Waals surface area contributed by atoms with Crippen molar-refractivity contribution in [1.82, 2.24) is 10.2 Å². The van der Waals surface area contributed by atoms with Gasteiger partial charge in [0.1, 0.15) is 0 Å². The van der Waals surface area contributed by atoms with E-state index in [1.54, 1.807) is 0 Å². The third-order valence-corrected chi connectivity index (χ3v) is 5.73.